The van der Waals surface area contributed by atoms with E-state index in [2.05, 4.69) is 10.3 Å². The van der Waals surface area contributed by atoms with E-state index in [9.17, 15) is 9.59 Å². The third kappa shape index (κ3) is 3.70. The first-order valence-corrected chi connectivity index (χ1v) is 10.5. The third-order valence-corrected chi connectivity index (χ3v) is 5.88. The number of amides is 2. The van der Waals surface area contributed by atoms with Gasteiger partial charge in [0.2, 0.25) is 5.91 Å². The van der Waals surface area contributed by atoms with Gasteiger partial charge in [0.1, 0.15) is 11.9 Å². The number of carbonyl (C=O) groups excluding carboxylic acids is 2. The van der Waals surface area contributed by atoms with Gasteiger partial charge in [-0.25, -0.2) is 4.99 Å². The molecule has 7 heteroatoms. The molecule has 6 nitrogen and oxygen atoms in total. The SMILES string of the molecule is Cc1ccccc1NC(=O)CSC1=Nc2ccccc2C2=NC(=O)C(C(C)C)N12. The molecule has 2 aliphatic heterocycles. The summed E-state index contributed by atoms with van der Waals surface area (Å²) in [5, 5.41) is 3.57. The molecule has 29 heavy (non-hydrogen) atoms. The maximum Gasteiger partial charge on any atom is 0.271 e. The number of anilines is 1. The second kappa shape index (κ2) is 7.83. The highest BCUT2D eigenvalue weighted by atomic mass is 32.2. The Balaban J connectivity index is 1.58. The molecule has 0 radical (unpaired) electrons. The second-order valence-electron chi connectivity index (χ2n) is 7.40. The average molecular weight is 407 g/mol. The van der Waals surface area contributed by atoms with Crippen LogP contribution in [0.1, 0.15) is 25.0 Å². The van der Waals surface area contributed by atoms with Crippen molar-refractivity contribution in [2.75, 3.05) is 11.1 Å². The number of nitrogens with one attached hydrogen (secondary N) is 1. The summed E-state index contributed by atoms with van der Waals surface area (Å²) in [4.78, 5) is 36.1. The molecule has 2 aromatic rings. The van der Waals surface area contributed by atoms with E-state index in [1.807, 2.05) is 74.2 Å². The lowest BCUT2D eigenvalue weighted by Crippen LogP contribution is -2.46. The lowest BCUT2D eigenvalue weighted by Gasteiger charge is -2.32. The number of benzene rings is 2. The molecule has 0 saturated carbocycles. The van der Waals surface area contributed by atoms with Crippen molar-refractivity contribution in [1.29, 1.82) is 0 Å². The Morgan fingerprint density at radius 1 is 1.14 bits per heavy atom. The molecule has 0 aromatic heterocycles. The molecule has 0 fully saturated rings. The third-order valence-electron chi connectivity index (χ3n) is 4.93. The summed E-state index contributed by atoms with van der Waals surface area (Å²) in [6, 6.07) is 14.9. The summed E-state index contributed by atoms with van der Waals surface area (Å²) in [5.41, 5.74) is 3.42. The number of fused-ring (bicyclic) bond motifs is 3. The second-order valence-corrected chi connectivity index (χ2v) is 8.34. The first-order chi connectivity index (χ1) is 14.0. The highest BCUT2D eigenvalue weighted by molar-refractivity contribution is 8.14. The van der Waals surface area contributed by atoms with Gasteiger partial charge in [0.25, 0.3) is 5.91 Å². The predicted octanol–water partition coefficient (Wildman–Crippen LogP) is 3.98. The number of aryl methyl sites for hydroxylation is 1. The average Bonchev–Trinajstić information content (AvgIpc) is 3.05. The fourth-order valence-electron chi connectivity index (χ4n) is 3.50. The zero-order chi connectivity index (χ0) is 20.5. The lowest BCUT2D eigenvalue weighted by molar-refractivity contribution is -0.120. The van der Waals surface area contributed by atoms with Gasteiger partial charge in [0.15, 0.2) is 5.17 Å². The molecule has 0 bridgehead atoms. The molecular formula is C22H22N4O2S. The Labute approximate surface area is 174 Å². The van der Waals surface area contributed by atoms with Crippen molar-refractivity contribution in [3.05, 3.63) is 59.7 Å². The smallest absolute Gasteiger partial charge is 0.271 e. The Bertz CT molecular complexity index is 1040. The molecule has 4 rings (SSSR count). The van der Waals surface area contributed by atoms with Crippen molar-refractivity contribution in [3.8, 4) is 0 Å². The number of hydrogen-bond donors (Lipinski definition) is 1. The molecular weight excluding hydrogens is 384 g/mol. The van der Waals surface area contributed by atoms with Crippen molar-refractivity contribution in [1.82, 2.24) is 4.90 Å². The van der Waals surface area contributed by atoms with Crippen LogP contribution in [0.4, 0.5) is 11.4 Å². The van der Waals surface area contributed by atoms with Gasteiger partial charge in [-0.05, 0) is 36.6 Å². The van der Waals surface area contributed by atoms with E-state index in [-0.39, 0.29) is 23.5 Å². The number of para-hydroxylation sites is 2. The molecule has 1 N–H and O–H groups in total. The van der Waals surface area contributed by atoms with Gasteiger partial charge in [-0.3, -0.25) is 14.5 Å². The fourth-order valence-corrected chi connectivity index (χ4v) is 4.33. The first-order valence-electron chi connectivity index (χ1n) is 9.54. The summed E-state index contributed by atoms with van der Waals surface area (Å²) in [5.74, 6) is 0.611. The van der Waals surface area contributed by atoms with Crippen LogP contribution in [-0.2, 0) is 9.59 Å². The molecule has 2 aliphatic rings. The molecule has 0 spiro atoms. The van der Waals surface area contributed by atoms with Crippen molar-refractivity contribution in [3.63, 3.8) is 0 Å². The Morgan fingerprint density at radius 2 is 1.86 bits per heavy atom. The van der Waals surface area contributed by atoms with Crippen molar-refractivity contribution < 1.29 is 9.59 Å². The van der Waals surface area contributed by atoms with Crippen molar-refractivity contribution >= 4 is 46.0 Å². The Morgan fingerprint density at radius 3 is 2.62 bits per heavy atom. The largest absolute Gasteiger partial charge is 0.325 e. The predicted molar refractivity (Wildman–Crippen MR) is 118 cm³/mol. The molecule has 148 valence electrons. The van der Waals surface area contributed by atoms with Crippen LogP contribution < -0.4 is 5.32 Å². The summed E-state index contributed by atoms with van der Waals surface area (Å²) in [6.45, 7) is 5.94. The summed E-state index contributed by atoms with van der Waals surface area (Å²) >= 11 is 1.32. The molecule has 2 amide bonds. The first kappa shape index (κ1) is 19.4. The number of nitrogens with zero attached hydrogens (tertiary/aromatic N) is 3. The van der Waals surface area contributed by atoms with Gasteiger partial charge < -0.3 is 5.32 Å². The number of amidine groups is 2. The number of hydrogen-bond acceptors (Lipinski definition) is 5. The number of thioether (sulfide) groups is 1. The van der Waals surface area contributed by atoms with Crippen LogP contribution >= 0.6 is 11.8 Å². The molecule has 0 aliphatic carbocycles. The van der Waals surface area contributed by atoms with Crippen LogP contribution in [0, 0.1) is 12.8 Å². The van der Waals surface area contributed by atoms with Crippen LogP contribution in [0.3, 0.4) is 0 Å². The number of rotatable bonds is 4. The lowest BCUT2D eigenvalue weighted by atomic mass is 10.0. The van der Waals surface area contributed by atoms with Gasteiger partial charge >= 0.3 is 0 Å². The van der Waals surface area contributed by atoms with E-state index < -0.39 is 6.04 Å². The summed E-state index contributed by atoms with van der Waals surface area (Å²) in [7, 11) is 0. The van der Waals surface area contributed by atoms with Crippen LogP contribution in [0.25, 0.3) is 0 Å². The van der Waals surface area contributed by atoms with Crippen molar-refractivity contribution in [2.24, 2.45) is 15.9 Å². The van der Waals surface area contributed by atoms with Crippen LogP contribution in [0.2, 0.25) is 0 Å². The zero-order valence-corrected chi connectivity index (χ0v) is 17.4. The quantitative estimate of drug-likeness (QED) is 0.833. The van der Waals surface area contributed by atoms with E-state index in [1.165, 1.54) is 11.8 Å². The van der Waals surface area contributed by atoms with Crippen LogP contribution in [-0.4, -0.2) is 39.5 Å². The van der Waals surface area contributed by atoms with Gasteiger partial charge in [0, 0.05) is 11.3 Å². The highest BCUT2D eigenvalue weighted by Gasteiger charge is 2.43. The van der Waals surface area contributed by atoms with E-state index in [0.29, 0.717) is 11.0 Å². The van der Waals surface area contributed by atoms with Crippen LogP contribution in [0.5, 0.6) is 0 Å². The van der Waals surface area contributed by atoms with E-state index in [0.717, 1.165) is 22.5 Å². The molecule has 0 saturated heterocycles. The molecule has 1 unspecified atom stereocenters. The minimum atomic E-state index is -0.399. The minimum Gasteiger partial charge on any atom is -0.325 e. The molecule has 2 aromatic carbocycles. The minimum absolute atomic E-state index is 0.0700. The molecule has 1 atom stereocenters. The summed E-state index contributed by atoms with van der Waals surface area (Å²) in [6.07, 6.45) is 0. The summed E-state index contributed by atoms with van der Waals surface area (Å²) < 4.78 is 0. The maximum atomic E-state index is 12.6. The Hall–Kier alpha value is -2.93. The van der Waals surface area contributed by atoms with E-state index in [1.54, 1.807) is 0 Å². The topological polar surface area (TPSA) is 74.1 Å². The monoisotopic (exact) mass is 406 g/mol. The number of aliphatic imine (C=N–C) groups is 2. The molecule has 2 heterocycles. The zero-order valence-electron chi connectivity index (χ0n) is 16.5. The maximum absolute atomic E-state index is 12.6. The van der Waals surface area contributed by atoms with E-state index >= 15 is 0 Å². The van der Waals surface area contributed by atoms with Crippen LogP contribution in [0.15, 0.2) is 58.5 Å². The van der Waals surface area contributed by atoms with Gasteiger partial charge in [-0.1, -0.05) is 55.9 Å². The highest BCUT2D eigenvalue weighted by Crippen LogP contribution is 2.35. The van der Waals surface area contributed by atoms with Crippen molar-refractivity contribution in [2.45, 2.75) is 26.8 Å². The Kier molecular flexibility index (Phi) is 5.24. The van der Waals surface area contributed by atoms with Gasteiger partial charge in [-0.2, -0.15) is 4.99 Å². The normalized spacial score (nSPS) is 17.6. The number of carbonyl (C=O) groups is 2. The van der Waals surface area contributed by atoms with Gasteiger partial charge in [-0.15, -0.1) is 0 Å². The van der Waals surface area contributed by atoms with Gasteiger partial charge in [0.05, 0.1) is 11.4 Å². The fraction of sp³-hybridized carbons (Fsp3) is 0.273. The van der Waals surface area contributed by atoms with E-state index in [4.69, 9.17) is 4.99 Å². The standard InChI is InChI=1S/C22H22N4O2S/c1-13(2)19-21(28)25-20-15-9-5-7-11-17(15)24-22(26(19)20)29-12-18(27)23-16-10-6-4-8-14(16)3/h4-11,13,19H,12H2,1-3H3,(H,23,27).